The molecule has 2 N–H and O–H groups in total. The minimum atomic E-state index is -1.22. The molecular formula is C13H20O6. The predicted octanol–water partition coefficient (Wildman–Crippen LogP) is 0.315. The molecule has 1 aliphatic heterocycles. The quantitative estimate of drug-likeness (QED) is 0.488. The van der Waals surface area contributed by atoms with Gasteiger partial charge in [-0.25, -0.2) is 4.79 Å². The first kappa shape index (κ1) is 15.7. The van der Waals surface area contributed by atoms with Crippen molar-refractivity contribution in [2.24, 2.45) is 0 Å². The molecule has 0 aliphatic carbocycles. The number of ether oxygens (including phenoxy) is 2. The average Bonchev–Trinajstić information content (AvgIpc) is 2.82. The lowest BCUT2D eigenvalue weighted by Crippen LogP contribution is -2.36. The molecule has 6 nitrogen and oxygen atoms in total. The van der Waals surface area contributed by atoms with Gasteiger partial charge >= 0.3 is 11.9 Å². The van der Waals surface area contributed by atoms with Gasteiger partial charge in [0.15, 0.2) is 6.10 Å². The molecule has 0 aromatic carbocycles. The summed E-state index contributed by atoms with van der Waals surface area (Å²) in [6.45, 7) is 1.48. The van der Waals surface area contributed by atoms with Crippen molar-refractivity contribution in [2.75, 3.05) is 13.2 Å². The van der Waals surface area contributed by atoms with Crippen LogP contribution in [0.15, 0.2) is 11.6 Å². The third-order valence-electron chi connectivity index (χ3n) is 2.86. The molecule has 0 aromatic heterocycles. The molecule has 19 heavy (non-hydrogen) atoms. The number of esters is 2. The summed E-state index contributed by atoms with van der Waals surface area (Å²) in [6.07, 6.45) is 1.76. The summed E-state index contributed by atoms with van der Waals surface area (Å²) in [5.41, 5.74) is 0.311. The fourth-order valence-corrected chi connectivity index (χ4v) is 1.75. The third kappa shape index (κ3) is 5.00. The molecular weight excluding hydrogens is 252 g/mol. The van der Waals surface area contributed by atoms with Crippen LogP contribution in [0.25, 0.3) is 0 Å². The van der Waals surface area contributed by atoms with E-state index in [1.807, 2.05) is 6.92 Å². The van der Waals surface area contributed by atoms with Gasteiger partial charge in [0.2, 0.25) is 0 Å². The lowest BCUT2D eigenvalue weighted by Gasteiger charge is -2.21. The molecule has 1 aliphatic rings. The minimum absolute atomic E-state index is 0.0378. The summed E-state index contributed by atoms with van der Waals surface area (Å²) < 4.78 is 9.66. The number of aliphatic hydroxyl groups excluding tert-OH is 2. The second kappa shape index (κ2) is 7.91. The molecule has 0 spiro atoms. The number of unbranched alkanes of at least 4 members (excludes halogenated alkanes) is 2. The zero-order chi connectivity index (χ0) is 14.3. The van der Waals surface area contributed by atoms with Crippen LogP contribution in [0.3, 0.4) is 0 Å². The number of rotatable bonds is 8. The fraction of sp³-hybridized carbons (Fsp3) is 0.692. The maximum absolute atomic E-state index is 11.5. The molecule has 2 atom stereocenters. The van der Waals surface area contributed by atoms with E-state index in [1.165, 1.54) is 0 Å². The van der Waals surface area contributed by atoms with Gasteiger partial charge in [-0.1, -0.05) is 19.8 Å². The summed E-state index contributed by atoms with van der Waals surface area (Å²) in [5.74, 6) is -1.00. The van der Waals surface area contributed by atoms with Gasteiger partial charge < -0.3 is 19.7 Å². The Kier molecular flexibility index (Phi) is 6.52. The molecule has 0 fully saturated rings. The van der Waals surface area contributed by atoms with Gasteiger partial charge in [0, 0.05) is 18.1 Å². The molecule has 1 heterocycles. The molecule has 0 saturated carbocycles. The molecule has 0 saturated heterocycles. The van der Waals surface area contributed by atoms with E-state index in [1.54, 1.807) is 0 Å². The summed E-state index contributed by atoms with van der Waals surface area (Å²) in [7, 11) is 0. The average molecular weight is 272 g/mol. The van der Waals surface area contributed by atoms with Crippen molar-refractivity contribution in [1.29, 1.82) is 0 Å². The minimum Gasteiger partial charge on any atom is -0.458 e. The number of carbonyl (C=O) groups excluding carboxylic acids is 2. The van der Waals surface area contributed by atoms with Crippen LogP contribution < -0.4 is 0 Å². The first-order chi connectivity index (χ1) is 9.08. The topological polar surface area (TPSA) is 93.1 Å². The summed E-state index contributed by atoms with van der Waals surface area (Å²) >= 11 is 0. The maximum Gasteiger partial charge on any atom is 0.331 e. The Balaban J connectivity index is 2.46. The first-order valence-corrected chi connectivity index (χ1v) is 6.44. The predicted molar refractivity (Wildman–Crippen MR) is 66.2 cm³/mol. The van der Waals surface area contributed by atoms with E-state index < -0.39 is 30.8 Å². The third-order valence-corrected chi connectivity index (χ3v) is 2.86. The van der Waals surface area contributed by atoms with Crippen LogP contribution in [0.4, 0.5) is 0 Å². The van der Waals surface area contributed by atoms with E-state index in [4.69, 9.17) is 9.84 Å². The van der Waals surface area contributed by atoms with E-state index in [0.717, 1.165) is 18.9 Å². The largest absolute Gasteiger partial charge is 0.458 e. The van der Waals surface area contributed by atoms with E-state index in [2.05, 4.69) is 4.74 Å². The van der Waals surface area contributed by atoms with Crippen molar-refractivity contribution in [3.8, 4) is 0 Å². The van der Waals surface area contributed by atoms with Crippen LogP contribution in [-0.4, -0.2) is 47.6 Å². The fourth-order valence-electron chi connectivity index (χ4n) is 1.75. The molecule has 0 aromatic rings. The highest BCUT2D eigenvalue weighted by Gasteiger charge is 2.29. The summed E-state index contributed by atoms with van der Waals surface area (Å²) in [6, 6.07) is 0. The van der Waals surface area contributed by atoms with Gasteiger partial charge in [0.05, 0.1) is 6.61 Å². The van der Waals surface area contributed by atoms with Crippen LogP contribution in [0.5, 0.6) is 0 Å². The monoisotopic (exact) mass is 272 g/mol. The molecule has 0 amide bonds. The summed E-state index contributed by atoms with van der Waals surface area (Å²) in [4.78, 5) is 22.4. The summed E-state index contributed by atoms with van der Waals surface area (Å²) in [5, 5.41) is 19.1. The van der Waals surface area contributed by atoms with E-state index >= 15 is 0 Å². The van der Waals surface area contributed by atoms with E-state index in [0.29, 0.717) is 12.0 Å². The zero-order valence-corrected chi connectivity index (χ0v) is 11.0. The van der Waals surface area contributed by atoms with Crippen molar-refractivity contribution >= 4 is 11.9 Å². The normalized spacial score (nSPS) is 17.6. The van der Waals surface area contributed by atoms with E-state index in [9.17, 15) is 14.7 Å². The maximum atomic E-state index is 11.5. The number of hydrogen-bond donors (Lipinski definition) is 2. The Morgan fingerprint density at radius 2 is 2.26 bits per heavy atom. The number of cyclic esters (lactones) is 1. The lowest BCUT2D eigenvalue weighted by atomic mass is 10.1. The molecule has 108 valence electrons. The number of aliphatic hydroxyl groups is 2. The Labute approximate surface area is 112 Å². The van der Waals surface area contributed by atoms with Crippen molar-refractivity contribution in [3.05, 3.63) is 11.6 Å². The Hall–Kier alpha value is -1.40. The first-order valence-electron chi connectivity index (χ1n) is 6.44. The molecule has 0 radical (unpaired) electrons. The highest BCUT2D eigenvalue weighted by atomic mass is 16.6. The van der Waals surface area contributed by atoms with Crippen LogP contribution in [-0.2, 0) is 19.1 Å². The van der Waals surface area contributed by atoms with Gasteiger partial charge in [0.25, 0.3) is 0 Å². The second-order valence-corrected chi connectivity index (χ2v) is 4.44. The van der Waals surface area contributed by atoms with Gasteiger partial charge in [-0.05, 0) is 6.42 Å². The van der Waals surface area contributed by atoms with Crippen LogP contribution >= 0.6 is 0 Å². The van der Waals surface area contributed by atoms with Gasteiger partial charge in [-0.15, -0.1) is 0 Å². The van der Waals surface area contributed by atoms with Gasteiger partial charge in [-0.3, -0.25) is 4.79 Å². The van der Waals surface area contributed by atoms with Crippen LogP contribution in [0, 0.1) is 0 Å². The van der Waals surface area contributed by atoms with Crippen LogP contribution in [0.2, 0.25) is 0 Å². The number of hydrogen-bond acceptors (Lipinski definition) is 6. The van der Waals surface area contributed by atoms with Crippen molar-refractivity contribution < 1.29 is 29.3 Å². The van der Waals surface area contributed by atoms with Gasteiger partial charge in [-0.2, -0.15) is 0 Å². The second-order valence-electron chi connectivity index (χ2n) is 4.44. The number of carbonyl (C=O) groups is 2. The van der Waals surface area contributed by atoms with Crippen molar-refractivity contribution in [2.45, 2.75) is 44.8 Å². The van der Waals surface area contributed by atoms with Crippen molar-refractivity contribution in [1.82, 2.24) is 0 Å². The Morgan fingerprint density at radius 1 is 1.53 bits per heavy atom. The highest BCUT2D eigenvalue weighted by molar-refractivity contribution is 5.85. The smallest absolute Gasteiger partial charge is 0.331 e. The Morgan fingerprint density at radius 3 is 2.79 bits per heavy atom. The molecule has 0 unspecified atom stereocenters. The highest BCUT2D eigenvalue weighted by Crippen LogP contribution is 2.16. The van der Waals surface area contributed by atoms with Crippen LogP contribution in [0.1, 0.15) is 32.6 Å². The molecule has 6 heteroatoms. The molecule has 1 rings (SSSR count). The van der Waals surface area contributed by atoms with Gasteiger partial charge in [0.1, 0.15) is 12.7 Å². The SMILES string of the molecule is CCCCCC(=O)O[C@H](CO)[C@H](O)C1=CC(=O)OC1. The lowest BCUT2D eigenvalue weighted by molar-refractivity contribution is -0.157. The molecule has 0 bridgehead atoms. The standard InChI is InChI=1S/C13H20O6/c1-2-3-4-5-11(15)19-10(7-14)13(17)9-6-12(16)18-8-9/h6,10,13-14,17H,2-5,7-8H2,1H3/t10-,13-/m1/s1. The van der Waals surface area contributed by atoms with E-state index in [-0.39, 0.29) is 13.0 Å². The van der Waals surface area contributed by atoms with Crippen molar-refractivity contribution in [3.63, 3.8) is 0 Å². The Bertz CT molecular complexity index is 349. The zero-order valence-electron chi connectivity index (χ0n) is 11.0.